The first-order chi connectivity index (χ1) is 13.0. The van der Waals surface area contributed by atoms with Crippen molar-refractivity contribution >= 4 is 16.7 Å². The molecular weight excluding hydrogens is 344 g/mol. The largest absolute Gasteiger partial charge is 0.497 e. The molecule has 0 saturated heterocycles. The van der Waals surface area contributed by atoms with E-state index in [2.05, 4.69) is 10.4 Å². The highest BCUT2D eigenvalue weighted by molar-refractivity contribution is 6.04. The summed E-state index contributed by atoms with van der Waals surface area (Å²) in [6.45, 7) is 1.20. The van der Waals surface area contributed by atoms with E-state index < -0.39 is 0 Å². The Morgan fingerprint density at radius 2 is 1.78 bits per heavy atom. The summed E-state index contributed by atoms with van der Waals surface area (Å²) < 4.78 is 6.41. The lowest BCUT2D eigenvalue weighted by Crippen LogP contribution is -2.34. The lowest BCUT2D eigenvalue weighted by molar-refractivity contribution is 0.0946. The number of carbonyl (C=O) groups is 1. The Bertz CT molecular complexity index is 1010. The molecule has 0 saturated carbocycles. The number of fused-ring (bicyclic) bond motifs is 1. The predicted octanol–water partition coefficient (Wildman–Crippen LogP) is 1.69. The number of ether oxygens (including phenoxy) is 1. The average molecular weight is 366 g/mol. The highest BCUT2D eigenvalue weighted by Gasteiger charge is 2.17. The van der Waals surface area contributed by atoms with Gasteiger partial charge in [0.1, 0.15) is 5.75 Å². The molecule has 0 bridgehead atoms. The van der Waals surface area contributed by atoms with Crippen LogP contribution in [0.25, 0.3) is 16.5 Å². The van der Waals surface area contributed by atoms with Crippen LogP contribution in [-0.4, -0.2) is 54.9 Å². The molecule has 1 amide bonds. The molecule has 7 nitrogen and oxygen atoms in total. The Hall–Kier alpha value is -3.19. The van der Waals surface area contributed by atoms with Crippen LogP contribution in [0.1, 0.15) is 10.5 Å². The van der Waals surface area contributed by atoms with Gasteiger partial charge in [0.15, 0.2) is 5.69 Å². The highest BCUT2D eigenvalue weighted by Crippen LogP contribution is 2.17. The third-order valence-corrected chi connectivity index (χ3v) is 4.18. The Kier molecular flexibility index (Phi) is 5.52. The van der Waals surface area contributed by atoms with Gasteiger partial charge in [0.25, 0.3) is 11.5 Å². The third-order valence-electron chi connectivity index (χ3n) is 4.18. The SMILES string of the molecule is COc1ccc(-n2nc(C(=O)NCCN(C)C)c3ccccc3c2=O)cc1. The zero-order valence-electron chi connectivity index (χ0n) is 15.6. The highest BCUT2D eigenvalue weighted by atomic mass is 16.5. The molecule has 0 aliphatic heterocycles. The molecule has 1 N–H and O–H groups in total. The number of likely N-dealkylation sites (N-methyl/N-ethyl adjacent to an activating group) is 1. The molecule has 27 heavy (non-hydrogen) atoms. The van der Waals surface area contributed by atoms with Gasteiger partial charge in [0.2, 0.25) is 0 Å². The minimum Gasteiger partial charge on any atom is -0.497 e. The van der Waals surface area contributed by atoms with Crippen LogP contribution in [0.2, 0.25) is 0 Å². The molecule has 1 heterocycles. The zero-order valence-corrected chi connectivity index (χ0v) is 15.6. The quantitative estimate of drug-likeness (QED) is 0.718. The molecular formula is C20H22N4O3. The van der Waals surface area contributed by atoms with E-state index in [9.17, 15) is 9.59 Å². The molecule has 140 valence electrons. The number of rotatable bonds is 6. The van der Waals surface area contributed by atoms with Crippen molar-refractivity contribution in [1.82, 2.24) is 20.0 Å². The van der Waals surface area contributed by atoms with Crippen LogP contribution >= 0.6 is 0 Å². The van der Waals surface area contributed by atoms with Crippen LogP contribution in [0.4, 0.5) is 0 Å². The standard InChI is InChI=1S/C20H22N4O3/c1-23(2)13-12-21-19(25)18-16-6-4-5-7-17(16)20(26)24(22-18)14-8-10-15(27-3)11-9-14/h4-11H,12-13H2,1-3H3,(H,21,25). The number of amides is 1. The van der Waals surface area contributed by atoms with Gasteiger partial charge in [-0.2, -0.15) is 9.78 Å². The van der Waals surface area contributed by atoms with Gasteiger partial charge in [0, 0.05) is 18.5 Å². The second-order valence-corrected chi connectivity index (χ2v) is 6.37. The molecule has 3 aromatic rings. The first kappa shape index (κ1) is 18.6. The van der Waals surface area contributed by atoms with E-state index in [0.717, 1.165) is 0 Å². The second-order valence-electron chi connectivity index (χ2n) is 6.37. The Morgan fingerprint density at radius 3 is 2.41 bits per heavy atom. The van der Waals surface area contributed by atoms with Gasteiger partial charge in [-0.1, -0.05) is 18.2 Å². The van der Waals surface area contributed by atoms with E-state index in [0.29, 0.717) is 35.3 Å². The predicted molar refractivity (Wildman–Crippen MR) is 105 cm³/mol. The lowest BCUT2D eigenvalue weighted by Gasteiger charge is -2.13. The van der Waals surface area contributed by atoms with E-state index in [4.69, 9.17) is 4.74 Å². The number of methoxy groups -OCH3 is 1. The molecule has 0 unspecified atom stereocenters. The van der Waals surface area contributed by atoms with Crippen molar-refractivity contribution in [3.8, 4) is 11.4 Å². The maximum Gasteiger partial charge on any atom is 0.279 e. The summed E-state index contributed by atoms with van der Waals surface area (Å²) in [4.78, 5) is 27.6. The third kappa shape index (κ3) is 3.98. The number of benzene rings is 2. The van der Waals surface area contributed by atoms with E-state index >= 15 is 0 Å². The normalized spacial score (nSPS) is 11.0. The van der Waals surface area contributed by atoms with Gasteiger partial charge in [-0.05, 0) is 44.4 Å². The molecule has 0 aliphatic carbocycles. The first-order valence-corrected chi connectivity index (χ1v) is 8.60. The fourth-order valence-corrected chi connectivity index (χ4v) is 2.73. The van der Waals surface area contributed by atoms with E-state index in [1.807, 2.05) is 19.0 Å². The van der Waals surface area contributed by atoms with Crippen molar-refractivity contribution in [3.63, 3.8) is 0 Å². The number of nitrogens with one attached hydrogen (secondary N) is 1. The van der Waals surface area contributed by atoms with Gasteiger partial charge in [0.05, 0.1) is 18.2 Å². The summed E-state index contributed by atoms with van der Waals surface area (Å²) in [5.74, 6) is 0.365. The summed E-state index contributed by atoms with van der Waals surface area (Å²) in [6, 6.07) is 14.0. The maximum absolute atomic E-state index is 12.9. The minimum atomic E-state index is -0.310. The summed E-state index contributed by atoms with van der Waals surface area (Å²) in [6.07, 6.45) is 0. The number of carbonyl (C=O) groups excluding carboxylic acids is 1. The van der Waals surface area contributed by atoms with Crippen LogP contribution in [0.5, 0.6) is 5.75 Å². The number of aromatic nitrogens is 2. The summed E-state index contributed by atoms with van der Waals surface area (Å²) in [5.41, 5.74) is 0.509. The summed E-state index contributed by atoms with van der Waals surface area (Å²) >= 11 is 0. The maximum atomic E-state index is 12.9. The molecule has 0 radical (unpaired) electrons. The fourth-order valence-electron chi connectivity index (χ4n) is 2.73. The van der Waals surface area contributed by atoms with Crippen LogP contribution in [0, 0.1) is 0 Å². The topological polar surface area (TPSA) is 76.5 Å². The molecule has 7 heteroatoms. The summed E-state index contributed by atoms with van der Waals surface area (Å²) in [5, 5.41) is 8.20. The molecule has 2 aromatic carbocycles. The number of hydrogen-bond donors (Lipinski definition) is 1. The van der Waals surface area contributed by atoms with Crippen LogP contribution in [0.15, 0.2) is 53.3 Å². The van der Waals surface area contributed by atoms with Crippen molar-refractivity contribution < 1.29 is 9.53 Å². The van der Waals surface area contributed by atoms with Crippen molar-refractivity contribution in [3.05, 3.63) is 64.6 Å². The fraction of sp³-hybridized carbons (Fsp3) is 0.250. The van der Waals surface area contributed by atoms with Crippen molar-refractivity contribution in [2.45, 2.75) is 0 Å². The van der Waals surface area contributed by atoms with Crippen molar-refractivity contribution in [2.75, 3.05) is 34.3 Å². The average Bonchev–Trinajstić information content (AvgIpc) is 2.68. The Labute approximate surface area is 157 Å². The Balaban J connectivity index is 2.08. The molecule has 1 aromatic heterocycles. The van der Waals surface area contributed by atoms with Gasteiger partial charge < -0.3 is 15.0 Å². The van der Waals surface area contributed by atoms with Crippen LogP contribution in [0.3, 0.4) is 0 Å². The zero-order chi connectivity index (χ0) is 19.4. The van der Waals surface area contributed by atoms with E-state index in [1.54, 1.807) is 55.6 Å². The van der Waals surface area contributed by atoms with Crippen molar-refractivity contribution in [2.24, 2.45) is 0 Å². The summed E-state index contributed by atoms with van der Waals surface area (Å²) in [7, 11) is 5.44. The van der Waals surface area contributed by atoms with E-state index in [-0.39, 0.29) is 17.2 Å². The second kappa shape index (κ2) is 8.01. The van der Waals surface area contributed by atoms with Gasteiger partial charge in [-0.3, -0.25) is 9.59 Å². The van der Waals surface area contributed by atoms with Crippen LogP contribution < -0.4 is 15.6 Å². The van der Waals surface area contributed by atoms with Gasteiger partial charge in [-0.15, -0.1) is 0 Å². The lowest BCUT2D eigenvalue weighted by atomic mass is 10.1. The molecule has 3 rings (SSSR count). The first-order valence-electron chi connectivity index (χ1n) is 8.60. The number of hydrogen-bond acceptors (Lipinski definition) is 5. The van der Waals surface area contributed by atoms with Gasteiger partial charge in [-0.25, -0.2) is 0 Å². The van der Waals surface area contributed by atoms with E-state index in [1.165, 1.54) is 4.68 Å². The molecule has 0 spiro atoms. The smallest absolute Gasteiger partial charge is 0.279 e. The Morgan fingerprint density at radius 1 is 1.11 bits per heavy atom. The van der Waals surface area contributed by atoms with Crippen LogP contribution in [-0.2, 0) is 0 Å². The minimum absolute atomic E-state index is 0.222. The monoisotopic (exact) mass is 366 g/mol. The number of nitrogens with zero attached hydrogens (tertiary/aromatic N) is 3. The van der Waals surface area contributed by atoms with Gasteiger partial charge >= 0.3 is 0 Å². The molecule has 0 aliphatic rings. The van der Waals surface area contributed by atoms with Crippen molar-refractivity contribution in [1.29, 1.82) is 0 Å². The molecule has 0 atom stereocenters. The molecule has 0 fully saturated rings.